The van der Waals surface area contributed by atoms with Gasteiger partial charge >= 0.3 is 0 Å². The molecule has 1 aromatic carbocycles. The minimum atomic E-state index is -0.414. The summed E-state index contributed by atoms with van der Waals surface area (Å²) in [7, 11) is 4.87. The van der Waals surface area contributed by atoms with Crippen molar-refractivity contribution in [3.8, 4) is 11.5 Å². The second kappa shape index (κ2) is 4.86. The molecule has 2 N–H and O–H groups in total. The third kappa shape index (κ3) is 2.01. The van der Waals surface area contributed by atoms with Crippen LogP contribution in [0, 0.1) is 0 Å². The van der Waals surface area contributed by atoms with Crippen LogP contribution in [0.2, 0.25) is 0 Å². The average molecular weight is 250 g/mol. The highest BCUT2D eigenvalue weighted by molar-refractivity contribution is 5.91. The van der Waals surface area contributed by atoms with Crippen LogP contribution in [0.15, 0.2) is 18.2 Å². The topological polar surface area (TPSA) is 59.6 Å². The van der Waals surface area contributed by atoms with Gasteiger partial charge in [0, 0.05) is 7.05 Å². The summed E-state index contributed by atoms with van der Waals surface area (Å²) in [6.45, 7) is 0. The molecule has 18 heavy (non-hydrogen) atoms. The van der Waals surface area contributed by atoms with Crippen molar-refractivity contribution in [1.29, 1.82) is 0 Å². The molecular formula is C13H18N2O3. The van der Waals surface area contributed by atoms with Crippen LogP contribution in [0.3, 0.4) is 0 Å². The molecule has 1 fully saturated rings. The lowest BCUT2D eigenvalue weighted by molar-refractivity contribution is -0.124. The smallest absolute Gasteiger partial charge is 0.244 e. The van der Waals surface area contributed by atoms with Gasteiger partial charge in [0.05, 0.1) is 19.6 Å². The van der Waals surface area contributed by atoms with Gasteiger partial charge in [-0.15, -0.1) is 0 Å². The third-order valence-electron chi connectivity index (χ3n) is 3.36. The van der Waals surface area contributed by atoms with Crippen molar-refractivity contribution in [1.82, 2.24) is 10.9 Å². The van der Waals surface area contributed by atoms with E-state index in [2.05, 4.69) is 10.9 Å². The van der Waals surface area contributed by atoms with Crippen molar-refractivity contribution in [3.05, 3.63) is 23.8 Å². The Morgan fingerprint density at radius 3 is 2.39 bits per heavy atom. The van der Waals surface area contributed by atoms with Gasteiger partial charge < -0.3 is 9.47 Å². The van der Waals surface area contributed by atoms with Gasteiger partial charge in [0.1, 0.15) is 0 Å². The van der Waals surface area contributed by atoms with Crippen LogP contribution in [-0.2, 0) is 10.2 Å². The highest BCUT2D eigenvalue weighted by atomic mass is 16.5. The lowest BCUT2D eigenvalue weighted by atomic mass is 9.95. The minimum Gasteiger partial charge on any atom is -0.493 e. The standard InChI is InChI=1S/C13H18N2O3/c1-14-15-12(16)13(6-7-13)9-4-5-10(17-2)11(8-9)18-3/h4-5,8,14H,6-7H2,1-3H3,(H,15,16). The van der Waals surface area contributed by atoms with E-state index in [1.54, 1.807) is 21.3 Å². The number of nitrogens with one attached hydrogen (secondary N) is 2. The molecule has 0 aliphatic heterocycles. The zero-order valence-electron chi connectivity index (χ0n) is 10.9. The molecule has 0 spiro atoms. The molecule has 0 aromatic heterocycles. The van der Waals surface area contributed by atoms with Gasteiger partial charge in [-0.05, 0) is 30.5 Å². The normalized spacial score (nSPS) is 15.9. The molecule has 1 saturated carbocycles. The van der Waals surface area contributed by atoms with E-state index in [4.69, 9.17) is 9.47 Å². The summed E-state index contributed by atoms with van der Waals surface area (Å²) >= 11 is 0. The molecule has 98 valence electrons. The van der Waals surface area contributed by atoms with Crippen molar-refractivity contribution < 1.29 is 14.3 Å². The van der Waals surface area contributed by atoms with Gasteiger partial charge in [-0.2, -0.15) is 0 Å². The van der Waals surface area contributed by atoms with Gasteiger partial charge in [0.15, 0.2) is 11.5 Å². The van der Waals surface area contributed by atoms with Gasteiger partial charge in [-0.1, -0.05) is 6.07 Å². The van der Waals surface area contributed by atoms with Gasteiger partial charge in [0.2, 0.25) is 5.91 Å². The molecule has 2 rings (SSSR count). The number of hydrogen-bond acceptors (Lipinski definition) is 4. The zero-order valence-corrected chi connectivity index (χ0v) is 10.9. The Labute approximate surface area is 106 Å². The number of carbonyl (C=O) groups excluding carboxylic acids is 1. The number of hydrogen-bond donors (Lipinski definition) is 2. The molecule has 1 amide bonds. The van der Waals surface area contributed by atoms with E-state index >= 15 is 0 Å². The van der Waals surface area contributed by atoms with E-state index in [1.165, 1.54) is 0 Å². The first-order chi connectivity index (χ1) is 8.67. The first kappa shape index (κ1) is 12.7. The van der Waals surface area contributed by atoms with Gasteiger partial charge in [0.25, 0.3) is 0 Å². The fourth-order valence-electron chi connectivity index (χ4n) is 2.14. The van der Waals surface area contributed by atoms with E-state index in [0.717, 1.165) is 18.4 Å². The lowest BCUT2D eigenvalue weighted by Gasteiger charge is -2.17. The molecule has 0 unspecified atom stereocenters. The predicted molar refractivity (Wildman–Crippen MR) is 67.7 cm³/mol. The van der Waals surface area contributed by atoms with Crippen LogP contribution < -0.4 is 20.3 Å². The first-order valence-electron chi connectivity index (χ1n) is 5.87. The maximum absolute atomic E-state index is 12.0. The van der Waals surface area contributed by atoms with E-state index in [-0.39, 0.29) is 5.91 Å². The predicted octanol–water partition coefficient (Wildman–Crippen LogP) is 0.986. The Balaban J connectivity index is 2.31. The van der Waals surface area contributed by atoms with Crippen LogP contribution in [0.4, 0.5) is 0 Å². The average Bonchev–Trinajstić information content (AvgIpc) is 3.19. The number of hydrazine groups is 1. The molecule has 1 aliphatic rings. The molecule has 0 bridgehead atoms. The highest BCUT2D eigenvalue weighted by Crippen LogP contribution is 2.49. The van der Waals surface area contributed by atoms with Crippen molar-refractivity contribution in [2.45, 2.75) is 18.3 Å². The second-order valence-electron chi connectivity index (χ2n) is 4.36. The number of amides is 1. The Morgan fingerprint density at radius 2 is 1.89 bits per heavy atom. The summed E-state index contributed by atoms with van der Waals surface area (Å²) in [6, 6.07) is 5.63. The van der Waals surface area contributed by atoms with E-state index < -0.39 is 5.41 Å². The van der Waals surface area contributed by atoms with Crippen LogP contribution in [0.5, 0.6) is 11.5 Å². The summed E-state index contributed by atoms with van der Waals surface area (Å²) in [5.74, 6) is 1.32. The Bertz CT molecular complexity index is 456. The molecule has 0 saturated heterocycles. The van der Waals surface area contributed by atoms with Crippen molar-refractivity contribution in [2.75, 3.05) is 21.3 Å². The van der Waals surface area contributed by atoms with Crippen molar-refractivity contribution in [2.24, 2.45) is 0 Å². The van der Waals surface area contributed by atoms with Crippen molar-refractivity contribution in [3.63, 3.8) is 0 Å². The van der Waals surface area contributed by atoms with E-state index in [9.17, 15) is 4.79 Å². The summed E-state index contributed by atoms with van der Waals surface area (Å²) < 4.78 is 10.5. The number of carbonyl (C=O) groups is 1. The summed E-state index contributed by atoms with van der Waals surface area (Å²) in [4.78, 5) is 12.0. The Kier molecular flexibility index (Phi) is 3.43. The Morgan fingerprint density at radius 1 is 1.22 bits per heavy atom. The monoisotopic (exact) mass is 250 g/mol. The van der Waals surface area contributed by atoms with Crippen LogP contribution >= 0.6 is 0 Å². The Hall–Kier alpha value is -1.75. The third-order valence-corrected chi connectivity index (χ3v) is 3.36. The fraction of sp³-hybridized carbons (Fsp3) is 0.462. The lowest BCUT2D eigenvalue weighted by Crippen LogP contribution is -2.41. The largest absolute Gasteiger partial charge is 0.493 e. The molecule has 5 nitrogen and oxygen atoms in total. The SMILES string of the molecule is CNNC(=O)C1(c2ccc(OC)c(OC)c2)CC1. The maximum atomic E-state index is 12.0. The van der Waals surface area contributed by atoms with Gasteiger partial charge in [-0.3, -0.25) is 10.2 Å². The molecule has 0 heterocycles. The minimum absolute atomic E-state index is 0.00257. The number of benzene rings is 1. The summed E-state index contributed by atoms with van der Waals surface area (Å²) in [6.07, 6.45) is 1.71. The highest BCUT2D eigenvalue weighted by Gasteiger charge is 2.51. The number of rotatable bonds is 5. The molecule has 1 aromatic rings. The fourth-order valence-corrected chi connectivity index (χ4v) is 2.14. The first-order valence-corrected chi connectivity index (χ1v) is 5.87. The van der Waals surface area contributed by atoms with E-state index in [0.29, 0.717) is 11.5 Å². The summed E-state index contributed by atoms with van der Waals surface area (Å²) in [5, 5.41) is 0. The van der Waals surface area contributed by atoms with E-state index in [1.807, 2.05) is 18.2 Å². The molecular weight excluding hydrogens is 232 g/mol. The van der Waals surface area contributed by atoms with Crippen LogP contribution in [0.25, 0.3) is 0 Å². The van der Waals surface area contributed by atoms with Crippen molar-refractivity contribution >= 4 is 5.91 Å². The summed E-state index contributed by atoms with van der Waals surface area (Å²) in [5.41, 5.74) is 5.88. The number of methoxy groups -OCH3 is 2. The second-order valence-corrected chi connectivity index (χ2v) is 4.36. The molecule has 1 aliphatic carbocycles. The molecule has 5 heteroatoms. The molecule has 0 atom stereocenters. The quantitative estimate of drug-likeness (QED) is 0.765. The number of ether oxygens (including phenoxy) is 2. The maximum Gasteiger partial charge on any atom is 0.244 e. The van der Waals surface area contributed by atoms with Crippen LogP contribution in [0.1, 0.15) is 18.4 Å². The van der Waals surface area contributed by atoms with Gasteiger partial charge in [-0.25, -0.2) is 5.43 Å². The van der Waals surface area contributed by atoms with Crippen LogP contribution in [-0.4, -0.2) is 27.2 Å². The molecule has 0 radical (unpaired) electrons. The zero-order chi connectivity index (χ0) is 13.2.